The molecule has 0 radical (unpaired) electrons. The topological polar surface area (TPSA) is 61.4 Å². The van der Waals surface area contributed by atoms with Gasteiger partial charge in [0.2, 0.25) is 11.8 Å². The summed E-state index contributed by atoms with van der Waals surface area (Å²) in [4.78, 5) is 27.2. The summed E-state index contributed by atoms with van der Waals surface area (Å²) >= 11 is 0. The molecule has 5 heteroatoms. The zero-order chi connectivity index (χ0) is 17.6. The molecular weight excluding hydrogens is 314 g/mol. The number of nitrogens with zero attached hydrogens (tertiary/aromatic N) is 1. The predicted octanol–water partition coefficient (Wildman–Crippen LogP) is 2.21. The molecule has 0 unspecified atom stereocenters. The molecule has 0 bridgehead atoms. The van der Waals surface area contributed by atoms with Crippen LogP contribution in [0.25, 0.3) is 0 Å². The molecule has 1 aliphatic heterocycles. The van der Waals surface area contributed by atoms with Crippen molar-refractivity contribution in [2.24, 2.45) is 0 Å². The van der Waals surface area contributed by atoms with E-state index in [9.17, 15) is 9.59 Å². The van der Waals surface area contributed by atoms with Gasteiger partial charge < -0.3 is 10.6 Å². The van der Waals surface area contributed by atoms with Crippen LogP contribution in [0.2, 0.25) is 0 Å². The SMILES string of the molecule is C[C@@H](NC(=O)[C@H]1CCCN1Cc1ccccc1)C(=O)NC1CCCC1. The van der Waals surface area contributed by atoms with Gasteiger partial charge in [0.1, 0.15) is 6.04 Å². The molecule has 136 valence electrons. The number of likely N-dealkylation sites (tertiary alicyclic amines) is 1. The van der Waals surface area contributed by atoms with Gasteiger partial charge in [0, 0.05) is 12.6 Å². The first-order valence-corrected chi connectivity index (χ1v) is 9.52. The maximum Gasteiger partial charge on any atom is 0.242 e. The van der Waals surface area contributed by atoms with E-state index in [1.54, 1.807) is 6.92 Å². The highest BCUT2D eigenvalue weighted by Crippen LogP contribution is 2.21. The molecule has 1 aromatic carbocycles. The van der Waals surface area contributed by atoms with Crippen molar-refractivity contribution in [3.63, 3.8) is 0 Å². The average Bonchev–Trinajstić information content (AvgIpc) is 3.27. The molecule has 25 heavy (non-hydrogen) atoms. The fraction of sp³-hybridized carbons (Fsp3) is 0.600. The first-order valence-electron chi connectivity index (χ1n) is 9.52. The van der Waals surface area contributed by atoms with Crippen LogP contribution >= 0.6 is 0 Å². The standard InChI is InChI=1S/C20H29N3O2/c1-15(19(24)22-17-10-5-6-11-17)21-20(25)18-12-7-13-23(18)14-16-8-3-2-4-9-16/h2-4,8-9,15,17-18H,5-7,10-14H2,1H3,(H,21,25)(H,22,24)/t15-,18-/m1/s1. The molecule has 2 aliphatic rings. The number of benzene rings is 1. The molecule has 5 nitrogen and oxygen atoms in total. The number of hydrogen-bond acceptors (Lipinski definition) is 3. The van der Waals surface area contributed by atoms with Gasteiger partial charge in [-0.2, -0.15) is 0 Å². The van der Waals surface area contributed by atoms with Crippen molar-refractivity contribution in [2.45, 2.75) is 70.1 Å². The molecule has 1 saturated carbocycles. The summed E-state index contributed by atoms with van der Waals surface area (Å²) in [7, 11) is 0. The van der Waals surface area contributed by atoms with Crippen molar-refractivity contribution in [3.05, 3.63) is 35.9 Å². The normalized spacial score (nSPS) is 22.7. The van der Waals surface area contributed by atoms with Crippen LogP contribution in [0, 0.1) is 0 Å². The number of carbonyl (C=O) groups excluding carboxylic acids is 2. The molecule has 0 aromatic heterocycles. The third kappa shape index (κ3) is 4.82. The Kier molecular flexibility index (Phi) is 6.08. The van der Waals surface area contributed by atoms with Crippen molar-refractivity contribution in [1.82, 2.24) is 15.5 Å². The maximum absolute atomic E-state index is 12.7. The lowest BCUT2D eigenvalue weighted by Crippen LogP contribution is -2.52. The summed E-state index contributed by atoms with van der Waals surface area (Å²) in [6.45, 7) is 3.48. The van der Waals surface area contributed by atoms with E-state index in [2.05, 4.69) is 27.7 Å². The summed E-state index contributed by atoms with van der Waals surface area (Å²) in [6.07, 6.45) is 6.35. The van der Waals surface area contributed by atoms with E-state index in [0.717, 1.165) is 38.8 Å². The molecule has 2 atom stereocenters. The molecular formula is C20H29N3O2. The predicted molar refractivity (Wildman–Crippen MR) is 97.9 cm³/mol. The third-order valence-corrected chi connectivity index (χ3v) is 5.35. The van der Waals surface area contributed by atoms with Gasteiger partial charge >= 0.3 is 0 Å². The van der Waals surface area contributed by atoms with E-state index in [4.69, 9.17) is 0 Å². The second-order valence-electron chi connectivity index (χ2n) is 7.33. The zero-order valence-corrected chi connectivity index (χ0v) is 15.0. The van der Waals surface area contributed by atoms with Gasteiger partial charge in [0.15, 0.2) is 0 Å². The Morgan fingerprint density at radius 3 is 2.56 bits per heavy atom. The van der Waals surface area contributed by atoms with Gasteiger partial charge in [0.05, 0.1) is 6.04 Å². The lowest BCUT2D eigenvalue weighted by atomic mass is 10.1. The van der Waals surface area contributed by atoms with E-state index in [-0.39, 0.29) is 23.9 Å². The van der Waals surface area contributed by atoms with Crippen LogP contribution in [0.15, 0.2) is 30.3 Å². The molecule has 3 rings (SSSR count). The van der Waals surface area contributed by atoms with Crippen molar-refractivity contribution in [2.75, 3.05) is 6.54 Å². The minimum Gasteiger partial charge on any atom is -0.352 e. The highest BCUT2D eigenvalue weighted by Gasteiger charge is 2.32. The van der Waals surface area contributed by atoms with Crippen molar-refractivity contribution in [1.29, 1.82) is 0 Å². The Balaban J connectivity index is 1.51. The number of nitrogens with one attached hydrogen (secondary N) is 2. The molecule has 1 heterocycles. The highest BCUT2D eigenvalue weighted by molar-refractivity contribution is 5.89. The lowest BCUT2D eigenvalue weighted by molar-refractivity contribution is -0.131. The van der Waals surface area contributed by atoms with Crippen molar-refractivity contribution in [3.8, 4) is 0 Å². The van der Waals surface area contributed by atoms with Crippen molar-refractivity contribution >= 4 is 11.8 Å². The number of hydrogen-bond donors (Lipinski definition) is 2. The van der Waals surface area contributed by atoms with Crippen LogP contribution in [-0.2, 0) is 16.1 Å². The minimum absolute atomic E-state index is 0.0255. The summed E-state index contributed by atoms with van der Waals surface area (Å²) in [5.41, 5.74) is 1.22. The third-order valence-electron chi connectivity index (χ3n) is 5.35. The largest absolute Gasteiger partial charge is 0.352 e. The zero-order valence-electron chi connectivity index (χ0n) is 15.0. The molecule has 1 aromatic rings. The van der Waals surface area contributed by atoms with E-state index >= 15 is 0 Å². The fourth-order valence-corrected chi connectivity index (χ4v) is 3.90. The minimum atomic E-state index is -0.479. The Hall–Kier alpha value is -1.88. The number of carbonyl (C=O) groups is 2. The monoisotopic (exact) mass is 343 g/mol. The number of amides is 2. The Bertz CT molecular complexity index is 584. The van der Waals surface area contributed by atoms with Crippen LogP contribution in [0.1, 0.15) is 51.0 Å². The average molecular weight is 343 g/mol. The van der Waals surface area contributed by atoms with Gasteiger partial charge in [-0.05, 0) is 44.7 Å². The lowest BCUT2D eigenvalue weighted by Gasteiger charge is -2.25. The maximum atomic E-state index is 12.7. The van der Waals surface area contributed by atoms with E-state index in [1.165, 1.54) is 18.4 Å². The Morgan fingerprint density at radius 1 is 1.12 bits per heavy atom. The van der Waals surface area contributed by atoms with Gasteiger partial charge in [-0.15, -0.1) is 0 Å². The number of rotatable bonds is 6. The van der Waals surface area contributed by atoms with Gasteiger partial charge in [-0.25, -0.2) is 0 Å². The summed E-state index contributed by atoms with van der Waals surface area (Å²) in [5.74, 6) is -0.0876. The van der Waals surface area contributed by atoms with Crippen molar-refractivity contribution < 1.29 is 9.59 Å². The Labute approximate surface area is 150 Å². The van der Waals surface area contributed by atoms with Crippen LogP contribution in [0.5, 0.6) is 0 Å². The smallest absolute Gasteiger partial charge is 0.242 e. The first-order chi connectivity index (χ1) is 12.1. The second-order valence-corrected chi connectivity index (χ2v) is 7.33. The first kappa shape index (κ1) is 17.9. The molecule has 2 N–H and O–H groups in total. The van der Waals surface area contributed by atoms with Gasteiger partial charge in [0.25, 0.3) is 0 Å². The molecule has 2 amide bonds. The summed E-state index contributed by atoms with van der Waals surface area (Å²) in [6, 6.07) is 9.89. The second kappa shape index (κ2) is 8.48. The summed E-state index contributed by atoms with van der Waals surface area (Å²) in [5, 5.41) is 5.98. The molecule has 0 spiro atoms. The summed E-state index contributed by atoms with van der Waals surface area (Å²) < 4.78 is 0. The van der Waals surface area contributed by atoms with E-state index in [1.807, 2.05) is 18.2 Å². The van der Waals surface area contributed by atoms with Gasteiger partial charge in [-0.3, -0.25) is 14.5 Å². The molecule has 2 fully saturated rings. The Morgan fingerprint density at radius 2 is 1.84 bits per heavy atom. The van der Waals surface area contributed by atoms with Crippen LogP contribution in [0.3, 0.4) is 0 Å². The highest BCUT2D eigenvalue weighted by atomic mass is 16.2. The molecule has 1 aliphatic carbocycles. The molecule has 1 saturated heterocycles. The van der Waals surface area contributed by atoms with E-state index in [0.29, 0.717) is 0 Å². The van der Waals surface area contributed by atoms with Crippen LogP contribution < -0.4 is 10.6 Å². The van der Waals surface area contributed by atoms with E-state index < -0.39 is 6.04 Å². The van der Waals surface area contributed by atoms with Crippen LogP contribution in [0.4, 0.5) is 0 Å². The fourth-order valence-electron chi connectivity index (χ4n) is 3.90. The van der Waals surface area contributed by atoms with Crippen LogP contribution in [-0.4, -0.2) is 41.4 Å². The van der Waals surface area contributed by atoms with Gasteiger partial charge in [-0.1, -0.05) is 43.2 Å². The quantitative estimate of drug-likeness (QED) is 0.832.